The van der Waals surface area contributed by atoms with Gasteiger partial charge in [-0.05, 0) is 12.5 Å². The number of nitrogens with one attached hydrogen (secondary N) is 1. The van der Waals surface area contributed by atoms with Crippen LogP contribution in [-0.4, -0.2) is 34.5 Å². The van der Waals surface area contributed by atoms with Crippen molar-refractivity contribution in [1.82, 2.24) is 20.1 Å². The normalized spacial score (nSPS) is 16.2. The number of aromatic nitrogens is 3. The van der Waals surface area contributed by atoms with E-state index in [0.717, 1.165) is 80.8 Å². The first-order valence-electron chi connectivity index (χ1n) is 8.41. The number of hydrogen-bond donors (Lipinski definition) is 1. The maximum atomic E-state index is 5.85. The lowest BCUT2D eigenvalue weighted by Gasteiger charge is -2.13. The Kier molecular flexibility index (Phi) is 4.15. The summed E-state index contributed by atoms with van der Waals surface area (Å²) in [6.45, 7) is 4.16. The Labute approximate surface area is 135 Å². The van der Waals surface area contributed by atoms with E-state index in [4.69, 9.17) is 9.47 Å². The van der Waals surface area contributed by atoms with Gasteiger partial charge in [-0.25, -0.2) is 0 Å². The molecule has 23 heavy (non-hydrogen) atoms. The predicted molar refractivity (Wildman–Crippen MR) is 85.8 cm³/mol. The van der Waals surface area contributed by atoms with Crippen LogP contribution in [0.3, 0.4) is 0 Å². The van der Waals surface area contributed by atoms with Gasteiger partial charge in [-0.1, -0.05) is 12.1 Å². The molecule has 4 rings (SSSR count). The van der Waals surface area contributed by atoms with Crippen molar-refractivity contribution in [2.45, 2.75) is 38.8 Å². The second-order valence-electron chi connectivity index (χ2n) is 6.01. The summed E-state index contributed by atoms with van der Waals surface area (Å²) in [5.74, 6) is 3.98. The number of nitrogens with zero attached hydrogens (tertiary/aromatic N) is 3. The van der Waals surface area contributed by atoms with E-state index in [1.54, 1.807) is 0 Å². The number of aryl methyl sites for hydroxylation is 1. The zero-order valence-electron chi connectivity index (χ0n) is 13.3. The number of hydrogen-bond acceptors (Lipinski definition) is 5. The average Bonchev–Trinajstić information content (AvgIpc) is 3.09. The van der Waals surface area contributed by atoms with E-state index >= 15 is 0 Å². The highest BCUT2D eigenvalue weighted by Crippen LogP contribution is 2.33. The molecule has 6 heteroatoms. The average molecular weight is 314 g/mol. The van der Waals surface area contributed by atoms with Crippen LogP contribution in [0.5, 0.6) is 11.5 Å². The molecule has 2 aromatic rings. The molecule has 3 heterocycles. The highest BCUT2D eigenvalue weighted by Gasteiger charge is 2.17. The fourth-order valence-electron chi connectivity index (χ4n) is 3.21. The van der Waals surface area contributed by atoms with Gasteiger partial charge in [0.15, 0.2) is 11.5 Å². The summed E-state index contributed by atoms with van der Waals surface area (Å²) in [7, 11) is 0. The fraction of sp³-hybridized carbons (Fsp3) is 0.529. The summed E-state index contributed by atoms with van der Waals surface area (Å²) in [5.41, 5.74) is 1.15. The molecule has 1 aromatic heterocycles. The van der Waals surface area contributed by atoms with Crippen LogP contribution in [0.25, 0.3) is 0 Å². The molecular formula is C17H22N4O2. The minimum atomic E-state index is 0.718. The van der Waals surface area contributed by atoms with Crippen LogP contribution >= 0.6 is 0 Å². The monoisotopic (exact) mass is 314 g/mol. The molecule has 122 valence electrons. The number of rotatable bonds is 5. The van der Waals surface area contributed by atoms with E-state index < -0.39 is 0 Å². The van der Waals surface area contributed by atoms with Gasteiger partial charge in [-0.2, -0.15) is 0 Å². The van der Waals surface area contributed by atoms with Gasteiger partial charge in [-0.15, -0.1) is 10.2 Å². The lowest BCUT2D eigenvalue weighted by Crippen LogP contribution is -2.19. The Balaban J connectivity index is 1.34. The Hall–Kier alpha value is -2.08. The third-order valence-corrected chi connectivity index (χ3v) is 4.38. The molecule has 2 aliphatic rings. The van der Waals surface area contributed by atoms with Crippen molar-refractivity contribution in [3.63, 3.8) is 0 Å². The standard InChI is InChI=1S/C17H22N4O2/c1-4-13(17-14(5-1)22-10-3-11-23-17)12-18-8-7-16-20-19-15-6-2-9-21(15)16/h1,4-5,18H,2-3,6-12H2. The largest absolute Gasteiger partial charge is 0.490 e. The summed E-state index contributed by atoms with van der Waals surface area (Å²) in [6.07, 6.45) is 4.09. The molecular weight excluding hydrogens is 292 g/mol. The van der Waals surface area contributed by atoms with Gasteiger partial charge >= 0.3 is 0 Å². The van der Waals surface area contributed by atoms with Gasteiger partial charge in [0.05, 0.1) is 13.2 Å². The number of ether oxygens (including phenoxy) is 2. The summed E-state index contributed by atoms with van der Waals surface area (Å²) in [5, 5.41) is 12.0. The quantitative estimate of drug-likeness (QED) is 0.852. The molecule has 1 aromatic carbocycles. The predicted octanol–water partition coefficient (Wildman–Crippen LogP) is 1.72. The molecule has 0 amide bonds. The summed E-state index contributed by atoms with van der Waals surface area (Å²) in [6, 6.07) is 6.09. The molecule has 2 aliphatic heterocycles. The highest BCUT2D eigenvalue weighted by molar-refractivity contribution is 5.47. The number of para-hydroxylation sites is 1. The van der Waals surface area contributed by atoms with Crippen molar-refractivity contribution in [2.75, 3.05) is 19.8 Å². The van der Waals surface area contributed by atoms with Gasteiger partial charge in [0.25, 0.3) is 0 Å². The zero-order valence-corrected chi connectivity index (χ0v) is 13.3. The van der Waals surface area contributed by atoms with Crippen molar-refractivity contribution in [1.29, 1.82) is 0 Å². The first-order valence-corrected chi connectivity index (χ1v) is 8.41. The van der Waals surface area contributed by atoms with E-state index in [0.29, 0.717) is 0 Å². The van der Waals surface area contributed by atoms with E-state index in [2.05, 4.69) is 26.1 Å². The minimum absolute atomic E-state index is 0.718. The second kappa shape index (κ2) is 6.58. The van der Waals surface area contributed by atoms with Crippen molar-refractivity contribution in [3.05, 3.63) is 35.4 Å². The smallest absolute Gasteiger partial charge is 0.165 e. The molecule has 0 spiro atoms. The fourth-order valence-corrected chi connectivity index (χ4v) is 3.21. The molecule has 6 nitrogen and oxygen atoms in total. The first-order chi connectivity index (χ1) is 11.4. The van der Waals surface area contributed by atoms with Gasteiger partial charge < -0.3 is 19.4 Å². The van der Waals surface area contributed by atoms with Gasteiger partial charge in [0.1, 0.15) is 11.6 Å². The van der Waals surface area contributed by atoms with Crippen LogP contribution in [0.4, 0.5) is 0 Å². The maximum absolute atomic E-state index is 5.85. The van der Waals surface area contributed by atoms with Crippen molar-refractivity contribution in [3.8, 4) is 11.5 Å². The molecule has 0 saturated carbocycles. The van der Waals surface area contributed by atoms with Crippen molar-refractivity contribution >= 4 is 0 Å². The molecule has 0 atom stereocenters. The Morgan fingerprint density at radius 1 is 1.13 bits per heavy atom. The van der Waals surface area contributed by atoms with E-state index in [1.165, 1.54) is 6.42 Å². The van der Waals surface area contributed by atoms with Crippen LogP contribution < -0.4 is 14.8 Å². The topological polar surface area (TPSA) is 61.2 Å². The molecule has 1 N–H and O–H groups in total. The first kappa shape index (κ1) is 14.5. The van der Waals surface area contributed by atoms with Crippen LogP contribution in [0, 0.1) is 0 Å². The van der Waals surface area contributed by atoms with Crippen molar-refractivity contribution < 1.29 is 9.47 Å². The summed E-state index contributed by atoms with van der Waals surface area (Å²) < 4.78 is 13.8. The second-order valence-corrected chi connectivity index (χ2v) is 6.01. The molecule has 0 fully saturated rings. The zero-order chi connectivity index (χ0) is 15.5. The van der Waals surface area contributed by atoms with Crippen molar-refractivity contribution in [2.24, 2.45) is 0 Å². The Morgan fingerprint density at radius 3 is 3.09 bits per heavy atom. The van der Waals surface area contributed by atoms with E-state index in [-0.39, 0.29) is 0 Å². The molecule has 0 unspecified atom stereocenters. The SMILES string of the molecule is c1cc(CNCCc2nnc3n2CCC3)c2c(c1)OCCCO2. The lowest BCUT2D eigenvalue weighted by atomic mass is 10.2. The molecule has 0 aliphatic carbocycles. The van der Waals surface area contributed by atoms with Gasteiger partial charge in [-0.3, -0.25) is 0 Å². The number of fused-ring (bicyclic) bond motifs is 2. The minimum Gasteiger partial charge on any atom is -0.490 e. The molecule has 0 radical (unpaired) electrons. The van der Waals surface area contributed by atoms with Crippen LogP contribution in [0.2, 0.25) is 0 Å². The summed E-state index contributed by atoms with van der Waals surface area (Å²) >= 11 is 0. The van der Waals surface area contributed by atoms with Crippen LogP contribution in [0.15, 0.2) is 18.2 Å². The Morgan fingerprint density at radius 2 is 2.09 bits per heavy atom. The highest BCUT2D eigenvalue weighted by atomic mass is 16.5. The Bertz CT molecular complexity index is 683. The van der Waals surface area contributed by atoms with Crippen LogP contribution in [-0.2, 0) is 25.9 Å². The number of benzene rings is 1. The van der Waals surface area contributed by atoms with Gasteiger partial charge in [0, 0.05) is 44.5 Å². The summed E-state index contributed by atoms with van der Waals surface area (Å²) in [4.78, 5) is 0. The third kappa shape index (κ3) is 3.03. The van der Waals surface area contributed by atoms with E-state index in [9.17, 15) is 0 Å². The van der Waals surface area contributed by atoms with Gasteiger partial charge in [0.2, 0.25) is 0 Å². The van der Waals surface area contributed by atoms with Crippen LogP contribution in [0.1, 0.15) is 30.1 Å². The molecule has 0 saturated heterocycles. The lowest BCUT2D eigenvalue weighted by molar-refractivity contribution is 0.296. The molecule has 0 bridgehead atoms. The van der Waals surface area contributed by atoms with E-state index in [1.807, 2.05) is 12.1 Å². The third-order valence-electron chi connectivity index (χ3n) is 4.38. The maximum Gasteiger partial charge on any atom is 0.165 e.